The summed E-state index contributed by atoms with van der Waals surface area (Å²) < 4.78 is 4.77. The summed E-state index contributed by atoms with van der Waals surface area (Å²) in [5.74, 6) is 0. The van der Waals surface area contributed by atoms with Crippen molar-refractivity contribution in [3.8, 4) is 0 Å². The van der Waals surface area contributed by atoms with Crippen LogP contribution >= 0.6 is 0 Å². The van der Waals surface area contributed by atoms with Crippen LogP contribution in [0.25, 0.3) is 0 Å². The second-order valence-electron chi connectivity index (χ2n) is 2.71. The molecule has 1 aliphatic rings. The van der Waals surface area contributed by atoms with Crippen molar-refractivity contribution in [3.05, 3.63) is 35.9 Å². The molecular weight excluding hydrogens is 161 g/mol. The standard InChI is InChI=1S/C9H9NO2.Li.H/c11-9-10-8(6-12-9)7-4-2-1-3-5-7;;/h1-5,8H,6H2,(H,10,11);;/t8-;;/m0../s1. The van der Waals surface area contributed by atoms with Gasteiger partial charge >= 0.3 is 25.0 Å². The summed E-state index contributed by atoms with van der Waals surface area (Å²) in [4.78, 5) is 10.7. The first-order chi connectivity index (χ1) is 5.86. The van der Waals surface area contributed by atoms with Crippen LogP contribution in [0.15, 0.2) is 30.3 Å². The van der Waals surface area contributed by atoms with Gasteiger partial charge in [-0.2, -0.15) is 0 Å². The van der Waals surface area contributed by atoms with Gasteiger partial charge < -0.3 is 10.1 Å². The molecule has 1 fully saturated rings. The Hall–Kier alpha value is -0.913. The van der Waals surface area contributed by atoms with Crippen LogP contribution in [0.3, 0.4) is 0 Å². The Labute approximate surface area is 88.6 Å². The predicted octanol–water partition coefficient (Wildman–Crippen LogP) is 0.819. The third kappa shape index (κ3) is 2.27. The predicted molar refractivity (Wildman–Crippen MR) is 50.8 cm³/mol. The summed E-state index contributed by atoms with van der Waals surface area (Å²) in [6, 6.07) is 9.80. The van der Waals surface area contributed by atoms with E-state index >= 15 is 0 Å². The number of nitrogens with one attached hydrogen (secondary N) is 1. The van der Waals surface area contributed by atoms with Gasteiger partial charge in [0.2, 0.25) is 0 Å². The summed E-state index contributed by atoms with van der Waals surface area (Å²) in [5.41, 5.74) is 1.09. The molecule has 0 radical (unpaired) electrons. The number of ether oxygens (including phenoxy) is 1. The van der Waals surface area contributed by atoms with Crippen LogP contribution < -0.4 is 5.32 Å². The van der Waals surface area contributed by atoms with Crippen LogP contribution in [0.4, 0.5) is 4.79 Å². The van der Waals surface area contributed by atoms with Crippen molar-refractivity contribution in [2.75, 3.05) is 6.61 Å². The van der Waals surface area contributed by atoms with E-state index < -0.39 is 0 Å². The van der Waals surface area contributed by atoms with Crippen LogP contribution in [0.2, 0.25) is 0 Å². The molecule has 3 nitrogen and oxygen atoms in total. The van der Waals surface area contributed by atoms with Gasteiger partial charge in [0.15, 0.2) is 0 Å². The molecule has 0 aromatic heterocycles. The summed E-state index contributed by atoms with van der Waals surface area (Å²) in [6.07, 6.45) is -0.330. The normalized spacial score (nSPS) is 20.0. The first-order valence-corrected chi connectivity index (χ1v) is 3.84. The van der Waals surface area contributed by atoms with Crippen molar-refractivity contribution in [3.63, 3.8) is 0 Å². The van der Waals surface area contributed by atoms with Gasteiger partial charge in [-0.05, 0) is 5.56 Å². The van der Waals surface area contributed by atoms with Crippen molar-refractivity contribution in [2.24, 2.45) is 0 Å². The van der Waals surface area contributed by atoms with E-state index in [1.165, 1.54) is 0 Å². The second-order valence-corrected chi connectivity index (χ2v) is 2.71. The van der Waals surface area contributed by atoms with Gasteiger partial charge in [-0.3, -0.25) is 0 Å². The van der Waals surface area contributed by atoms with E-state index in [-0.39, 0.29) is 31.0 Å². The fourth-order valence-electron chi connectivity index (χ4n) is 1.25. The molecule has 1 N–H and O–H groups in total. The molecule has 2 rings (SSSR count). The summed E-state index contributed by atoms with van der Waals surface area (Å²) >= 11 is 0. The molecule has 1 heterocycles. The average molecular weight is 171 g/mol. The Bertz CT molecular complexity index is 289. The number of carbonyl (C=O) groups excluding carboxylic acids is 1. The van der Waals surface area contributed by atoms with Gasteiger partial charge in [0.05, 0.1) is 6.04 Å². The number of hydrogen-bond acceptors (Lipinski definition) is 2. The zero-order valence-corrected chi connectivity index (χ0v) is 6.49. The van der Waals surface area contributed by atoms with Crippen LogP contribution in [-0.2, 0) is 4.74 Å². The maximum absolute atomic E-state index is 10.7. The molecule has 0 aliphatic carbocycles. The van der Waals surface area contributed by atoms with Gasteiger partial charge in [-0.25, -0.2) is 4.79 Å². The number of amides is 1. The van der Waals surface area contributed by atoms with Crippen molar-refractivity contribution < 1.29 is 9.53 Å². The molecule has 4 heteroatoms. The van der Waals surface area contributed by atoms with Crippen molar-refractivity contribution in [1.82, 2.24) is 5.32 Å². The third-order valence-electron chi connectivity index (χ3n) is 1.88. The molecule has 13 heavy (non-hydrogen) atoms. The molecule has 1 amide bonds. The number of rotatable bonds is 1. The number of cyclic esters (lactones) is 1. The SMILES string of the molecule is O=C1N[C@H](c2ccccc2)CO1.[LiH]. The van der Waals surface area contributed by atoms with E-state index in [9.17, 15) is 4.79 Å². The molecule has 0 bridgehead atoms. The van der Waals surface area contributed by atoms with Gasteiger partial charge in [0.1, 0.15) is 6.61 Å². The second kappa shape index (κ2) is 4.36. The Balaban J connectivity index is 0.000000845. The Morgan fingerprint density at radius 1 is 1.31 bits per heavy atom. The Kier molecular flexibility index (Phi) is 3.41. The van der Waals surface area contributed by atoms with E-state index in [1.807, 2.05) is 30.3 Å². The monoisotopic (exact) mass is 171 g/mol. The Morgan fingerprint density at radius 3 is 2.54 bits per heavy atom. The van der Waals surface area contributed by atoms with Crippen molar-refractivity contribution >= 4 is 25.0 Å². The van der Waals surface area contributed by atoms with Gasteiger partial charge in [0.25, 0.3) is 0 Å². The fourth-order valence-corrected chi connectivity index (χ4v) is 1.25. The average Bonchev–Trinajstić information content (AvgIpc) is 2.54. The number of hydrogen-bond donors (Lipinski definition) is 1. The van der Waals surface area contributed by atoms with E-state index in [0.717, 1.165) is 5.56 Å². The van der Waals surface area contributed by atoms with Crippen LogP contribution in [0.5, 0.6) is 0 Å². The maximum atomic E-state index is 10.7. The van der Waals surface area contributed by atoms with Crippen molar-refractivity contribution in [2.45, 2.75) is 6.04 Å². The molecule has 64 valence electrons. The molecule has 1 aromatic rings. The van der Waals surface area contributed by atoms with E-state index in [4.69, 9.17) is 4.74 Å². The van der Waals surface area contributed by atoms with Crippen LogP contribution in [-0.4, -0.2) is 31.6 Å². The van der Waals surface area contributed by atoms with Crippen molar-refractivity contribution in [1.29, 1.82) is 0 Å². The van der Waals surface area contributed by atoms with Gasteiger partial charge in [0, 0.05) is 0 Å². The number of benzene rings is 1. The summed E-state index contributed by atoms with van der Waals surface area (Å²) in [6.45, 7) is 0.433. The minimum absolute atomic E-state index is 0. The van der Waals surface area contributed by atoms with E-state index in [0.29, 0.717) is 6.61 Å². The topological polar surface area (TPSA) is 38.3 Å². The molecule has 1 aliphatic heterocycles. The third-order valence-corrected chi connectivity index (χ3v) is 1.88. The fraction of sp³-hybridized carbons (Fsp3) is 0.222. The van der Waals surface area contributed by atoms with Gasteiger partial charge in [-0.15, -0.1) is 0 Å². The van der Waals surface area contributed by atoms with E-state index in [1.54, 1.807) is 0 Å². The molecule has 1 atom stereocenters. The Morgan fingerprint density at radius 2 is 2.00 bits per heavy atom. The molecule has 0 saturated carbocycles. The van der Waals surface area contributed by atoms with Gasteiger partial charge in [-0.1, -0.05) is 30.3 Å². The molecule has 1 aromatic carbocycles. The zero-order valence-electron chi connectivity index (χ0n) is 6.49. The summed E-state index contributed by atoms with van der Waals surface area (Å²) in [5, 5.41) is 2.71. The van der Waals surface area contributed by atoms with E-state index in [2.05, 4.69) is 5.32 Å². The number of alkyl carbamates (subject to hydrolysis) is 1. The molecule has 0 spiro atoms. The zero-order chi connectivity index (χ0) is 8.39. The minimum atomic E-state index is -0.330. The number of carbonyl (C=O) groups is 1. The molecule has 1 saturated heterocycles. The quantitative estimate of drug-likeness (QED) is 0.635. The molecular formula is C9H10LiNO2. The molecule has 0 unspecified atom stereocenters. The van der Waals surface area contributed by atoms with Crippen LogP contribution in [0, 0.1) is 0 Å². The first kappa shape index (κ1) is 10.2. The first-order valence-electron chi connectivity index (χ1n) is 3.84. The summed E-state index contributed by atoms with van der Waals surface area (Å²) in [7, 11) is 0. The van der Waals surface area contributed by atoms with Crippen LogP contribution in [0.1, 0.15) is 11.6 Å².